The molecule has 1 fully saturated rings. The van der Waals surface area contributed by atoms with Crippen LogP contribution in [0.3, 0.4) is 0 Å². The second kappa shape index (κ2) is 5.78. The van der Waals surface area contributed by atoms with Gasteiger partial charge in [0.1, 0.15) is 10.6 Å². The van der Waals surface area contributed by atoms with Crippen LogP contribution in [0.1, 0.15) is 42.6 Å². The molecule has 1 heterocycles. The van der Waals surface area contributed by atoms with E-state index in [2.05, 4.69) is 4.72 Å². The van der Waals surface area contributed by atoms with Crippen molar-refractivity contribution in [3.63, 3.8) is 0 Å². The average Bonchev–Trinajstić information content (AvgIpc) is 2.81. The molecule has 118 valence electrons. The third kappa shape index (κ3) is 3.63. The molecule has 0 aliphatic heterocycles. The SMILES string of the molecule is Cn1cc(S(=O)(=O)NCC2(O)CCCCC2)cc1C(N)=O. The van der Waals surface area contributed by atoms with E-state index in [9.17, 15) is 18.3 Å². The minimum Gasteiger partial charge on any atom is -0.389 e. The second-order valence-electron chi connectivity index (χ2n) is 5.65. The van der Waals surface area contributed by atoms with Crippen LogP contribution < -0.4 is 10.5 Å². The number of sulfonamides is 1. The predicted octanol–water partition coefficient (Wildman–Crippen LogP) is 0.0975. The van der Waals surface area contributed by atoms with Gasteiger partial charge in [-0.05, 0) is 18.9 Å². The molecule has 0 spiro atoms. The number of aromatic nitrogens is 1. The molecule has 0 unspecified atom stereocenters. The number of nitrogens with two attached hydrogens (primary N) is 1. The summed E-state index contributed by atoms with van der Waals surface area (Å²) in [5, 5.41) is 10.3. The maximum atomic E-state index is 12.2. The number of carbonyl (C=O) groups excluding carboxylic acids is 1. The predicted molar refractivity (Wildman–Crippen MR) is 77.2 cm³/mol. The van der Waals surface area contributed by atoms with Gasteiger partial charge in [0.2, 0.25) is 10.0 Å². The van der Waals surface area contributed by atoms with Gasteiger partial charge in [0.05, 0.1) is 5.60 Å². The Labute approximate surface area is 124 Å². The molecular weight excluding hydrogens is 294 g/mol. The number of aryl methyl sites for hydroxylation is 1. The van der Waals surface area contributed by atoms with E-state index in [0.29, 0.717) is 12.8 Å². The molecule has 4 N–H and O–H groups in total. The first-order chi connectivity index (χ1) is 9.73. The molecule has 7 nitrogen and oxygen atoms in total. The molecule has 21 heavy (non-hydrogen) atoms. The van der Waals surface area contributed by atoms with Crippen LogP contribution in [-0.2, 0) is 17.1 Å². The van der Waals surface area contributed by atoms with Crippen molar-refractivity contribution in [2.75, 3.05) is 6.54 Å². The largest absolute Gasteiger partial charge is 0.389 e. The zero-order valence-corrected chi connectivity index (χ0v) is 12.8. The Balaban J connectivity index is 2.11. The van der Waals surface area contributed by atoms with Gasteiger partial charge in [0, 0.05) is 19.8 Å². The maximum absolute atomic E-state index is 12.2. The Morgan fingerprint density at radius 2 is 2.05 bits per heavy atom. The first-order valence-corrected chi connectivity index (χ1v) is 8.40. The van der Waals surface area contributed by atoms with Crippen LogP contribution in [0.15, 0.2) is 17.2 Å². The van der Waals surface area contributed by atoms with Crippen molar-refractivity contribution in [3.8, 4) is 0 Å². The molecule has 0 bridgehead atoms. The summed E-state index contributed by atoms with van der Waals surface area (Å²) in [4.78, 5) is 11.1. The van der Waals surface area contributed by atoms with Gasteiger partial charge in [-0.1, -0.05) is 19.3 Å². The minimum atomic E-state index is -3.77. The summed E-state index contributed by atoms with van der Waals surface area (Å²) >= 11 is 0. The van der Waals surface area contributed by atoms with Crippen molar-refractivity contribution in [1.82, 2.24) is 9.29 Å². The lowest BCUT2D eigenvalue weighted by Crippen LogP contribution is -2.44. The fourth-order valence-electron chi connectivity index (χ4n) is 2.63. The fraction of sp³-hybridized carbons (Fsp3) is 0.615. The van der Waals surface area contributed by atoms with E-state index in [0.717, 1.165) is 19.3 Å². The number of hydrogen-bond donors (Lipinski definition) is 3. The highest BCUT2D eigenvalue weighted by molar-refractivity contribution is 7.89. The monoisotopic (exact) mass is 315 g/mol. The highest BCUT2D eigenvalue weighted by Gasteiger charge is 2.31. The van der Waals surface area contributed by atoms with E-state index < -0.39 is 21.5 Å². The molecule has 1 aliphatic rings. The van der Waals surface area contributed by atoms with Crippen LogP contribution in [0, 0.1) is 0 Å². The molecule has 1 saturated carbocycles. The van der Waals surface area contributed by atoms with Gasteiger partial charge in [-0.3, -0.25) is 4.79 Å². The van der Waals surface area contributed by atoms with Crippen LogP contribution in [0.2, 0.25) is 0 Å². The van der Waals surface area contributed by atoms with E-state index in [1.165, 1.54) is 16.8 Å². The first kappa shape index (κ1) is 16.0. The number of rotatable bonds is 5. The van der Waals surface area contributed by atoms with Gasteiger partial charge >= 0.3 is 0 Å². The van der Waals surface area contributed by atoms with E-state index in [1.807, 2.05) is 0 Å². The molecule has 8 heteroatoms. The lowest BCUT2D eigenvalue weighted by molar-refractivity contribution is 0.00945. The molecule has 0 saturated heterocycles. The Hall–Kier alpha value is -1.38. The molecule has 0 aromatic carbocycles. The van der Waals surface area contributed by atoms with Crippen LogP contribution in [-0.4, -0.2) is 36.1 Å². The van der Waals surface area contributed by atoms with E-state index in [-0.39, 0.29) is 17.1 Å². The van der Waals surface area contributed by atoms with Crippen molar-refractivity contribution in [2.24, 2.45) is 12.8 Å². The summed E-state index contributed by atoms with van der Waals surface area (Å²) in [5.74, 6) is -0.690. The zero-order valence-electron chi connectivity index (χ0n) is 12.0. The molecule has 1 aliphatic carbocycles. The normalized spacial score (nSPS) is 18.6. The lowest BCUT2D eigenvalue weighted by atomic mass is 9.85. The topological polar surface area (TPSA) is 114 Å². The molecule has 1 aromatic heterocycles. The summed E-state index contributed by atoms with van der Waals surface area (Å²) in [6, 6.07) is 1.23. The van der Waals surface area contributed by atoms with Gasteiger partial charge in [0.15, 0.2) is 0 Å². The van der Waals surface area contributed by atoms with Gasteiger partial charge in [-0.15, -0.1) is 0 Å². The number of primary amides is 1. The van der Waals surface area contributed by atoms with Crippen LogP contribution in [0.25, 0.3) is 0 Å². The molecule has 0 radical (unpaired) electrons. The molecule has 0 atom stereocenters. The van der Waals surface area contributed by atoms with Gasteiger partial charge < -0.3 is 15.4 Å². The maximum Gasteiger partial charge on any atom is 0.265 e. The number of hydrogen-bond acceptors (Lipinski definition) is 4. The number of amides is 1. The number of nitrogens with one attached hydrogen (secondary N) is 1. The quantitative estimate of drug-likeness (QED) is 0.714. The Morgan fingerprint density at radius 1 is 1.43 bits per heavy atom. The third-order valence-corrected chi connectivity index (χ3v) is 5.29. The molecule has 1 amide bonds. The van der Waals surface area contributed by atoms with Crippen molar-refractivity contribution in [3.05, 3.63) is 18.0 Å². The lowest BCUT2D eigenvalue weighted by Gasteiger charge is -2.31. The second-order valence-corrected chi connectivity index (χ2v) is 7.41. The van der Waals surface area contributed by atoms with E-state index in [4.69, 9.17) is 5.73 Å². The smallest absolute Gasteiger partial charge is 0.265 e. The summed E-state index contributed by atoms with van der Waals surface area (Å²) in [6.45, 7) is -0.0177. The van der Waals surface area contributed by atoms with Gasteiger partial charge in [-0.2, -0.15) is 0 Å². The minimum absolute atomic E-state index is 0.0177. The Kier molecular flexibility index (Phi) is 4.40. The number of aliphatic hydroxyl groups is 1. The van der Waals surface area contributed by atoms with Crippen LogP contribution >= 0.6 is 0 Å². The molecular formula is C13H21N3O4S. The van der Waals surface area contributed by atoms with Crippen molar-refractivity contribution >= 4 is 15.9 Å². The zero-order chi connectivity index (χ0) is 15.7. The Morgan fingerprint density at radius 3 is 2.57 bits per heavy atom. The highest BCUT2D eigenvalue weighted by Crippen LogP contribution is 2.27. The van der Waals surface area contributed by atoms with E-state index in [1.54, 1.807) is 7.05 Å². The summed E-state index contributed by atoms with van der Waals surface area (Å²) in [5.41, 5.74) is 4.31. The standard InChI is InChI=1S/C13H21N3O4S/c1-16-8-10(7-11(16)12(14)17)21(19,20)15-9-13(18)5-3-2-4-6-13/h7-8,15,18H,2-6,9H2,1H3,(H2,14,17). The summed E-state index contributed by atoms with van der Waals surface area (Å²) in [7, 11) is -2.22. The summed E-state index contributed by atoms with van der Waals surface area (Å²) in [6.07, 6.45) is 5.38. The first-order valence-electron chi connectivity index (χ1n) is 6.92. The fourth-order valence-corrected chi connectivity index (χ4v) is 3.81. The number of nitrogens with zero attached hydrogens (tertiary/aromatic N) is 1. The van der Waals surface area contributed by atoms with Gasteiger partial charge in [0.25, 0.3) is 5.91 Å². The van der Waals surface area contributed by atoms with Crippen LogP contribution in [0.5, 0.6) is 0 Å². The van der Waals surface area contributed by atoms with E-state index >= 15 is 0 Å². The van der Waals surface area contributed by atoms with Crippen LogP contribution in [0.4, 0.5) is 0 Å². The van der Waals surface area contributed by atoms with Crippen molar-refractivity contribution in [2.45, 2.75) is 42.6 Å². The highest BCUT2D eigenvalue weighted by atomic mass is 32.2. The Bertz CT molecular complexity index is 630. The summed E-state index contributed by atoms with van der Waals surface area (Å²) < 4.78 is 28.2. The van der Waals surface area contributed by atoms with Crippen molar-refractivity contribution < 1.29 is 18.3 Å². The molecule has 1 aromatic rings. The average molecular weight is 315 g/mol. The van der Waals surface area contributed by atoms with Gasteiger partial charge in [-0.25, -0.2) is 13.1 Å². The molecule has 2 rings (SSSR count). The number of carbonyl (C=O) groups is 1. The third-order valence-electron chi connectivity index (χ3n) is 3.92. The van der Waals surface area contributed by atoms with Crippen molar-refractivity contribution in [1.29, 1.82) is 0 Å².